The molecule has 2 aromatic rings. The fourth-order valence-corrected chi connectivity index (χ4v) is 3.97. The number of carboxylic acids is 1. The number of benzene rings is 1. The smallest absolute Gasteiger partial charge is 0.345 e. The van der Waals surface area contributed by atoms with Crippen molar-refractivity contribution in [2.45, 2.75) is 25.7 Å². The van der Waals surface area contributed by atoms with Crippen molar-refractivity contribution in [3.8, 4) is 10.4 Å². The summed E-state index contributed by atoms with van der Waals surface area (Å²) in [6, 6.07) is 7.67. The van der Waals surface area contributed by atoms with E-state index in [1.54, 1.807) is 0 Å². The van der Waals surface area contributed by atoms with E-state index in [1.807, 2.05) is 24.3 Å². The Bertz CT molecular complexity index is 685. The van der Waals surface area contributed by atoms with Crippen molar-refractivity contribution in [1.29, 1.82) is 0 Å². The second-order valence-electron chi connectivity index (χ2n) is 5.52. The molecule has 0 bridgehead atoms. The molecule has 19 heavy (non-hydrogen) atoms. The summed E-state index contributed by atoms with van der Waals surface area (Å²) in [6.45, 7) is 4.34. The summed E-state index contributed by atoms with van der Waals surface area (Å²) in [4.78, 5) is 12.6. The Balaban J connectivity index is 2.27. The highest BCUT2D eigenvalue weighted by Crippen LogP contribution is 2.47. The number of aromatic carboxylic acids is 1. The van der Waals surface area contributed by atoms with Crippen LogP contribution in [0.4, 0.5) is 0 Å². The highest BCUT2D eigenvalue weighted by atomic mass is 35.5. The first kappa shape index (κ1) is 12.7. The minimum atomic E-state index is -0.854. The first-order valence-corrected chi connectivity index (χ1v) is 7.24. The maximum absolute atomic E-state index is 11.1. The lowest BCUT2D eigenvalue weighted by atomic mass is 9.72. The van der Waals surface area contributed by atoms with Crippen LogP contribution in [0.2, 0.25) is 5.02 Å². The number of thiophene rings is 1. The molecule has 0 fully saturated rings. The molecule has 1 aliphatic carbocycles. The van der Waals surface area contributed by atoms with Crippen LogP contribution in [0.3, 0.4) is 0 Å². The van der Waals surface area contributed by atoms with E-state index in [0.29, 0.717) is 4.88 Å². The Morgan fingerprint density at radius 2 is 2.11 bits per heavy atom. The Kier molecular flexibility index (Phi) is 2.73. The van der Waals surface area contributed by atoms with Gasteiger partial charge in [0.15, 0.2) is 0 Å². The van der Waals surface area contributed by atoms with Gasteiger partial charge < -0.3 is 5.11 Å². The van der Waals surface area contributed by atoms with Crippen molar-refractivity contribution in [1.82, 2.24) is 0 Å². The summed E-state index contributed by atoms with van der Waals surface area (Å²) < 4.78 is 0. The molecule has 2 nitrogen and oxygen atoms in total. The second kappa shape index (κ2) is 4.09. The zero-order valence-electron chi connectivity index (χ0n) is 10.7. The van der Waals surface area contributed by atoms with Crippen LogP contribution < -0.4 is 0 Å². The molecule has 0 amide bonds. The van der Waals surface area contributed by atoms with E-state index in [1.165, 1.54) is 16.9 Å². The summed E-state index contributed by atoms with van der Waals surface area (Å²) in [5.74, 6) is -0.854. The highest BCUT2D eigenvalue weighted by Gasteiger charge is 2.33. The van der Waals surface area contributed by atoms with Gasteiger partial charge >= 0.3 is 5.97 Å². The van der Waals surface area contributed by atoms with Gasteiger partial charge in [-0.15, -0.1) is 11.3 Å². The number of carbonyl (C=O) groups is 1. The first-order chi connectivity index (χ1) is 8.88. The van der Waals surface area contributed by atoms with Gasteiger partial charge in [-0.3, -0.25) is 0 Å². The van der Waals surface area contributed by atoms with Gasteiger partial charge in [0.2, 0.25) is 0 Å². The van der Waals surface area contributed by atoms with E-state index in [4.69, 9.17) is 16.7 Å². The molecule has 1 heterocycles. The fraction of sp³-hybridized carbons (Fsp3) is 0.267. The number of carboxylic acid groups (broad SMARTS) is 1. The predicted octanol–water partition coefficient (Wildman–Crippen LogP) is 4.60. The summed E-state index contributed by atoms with van der Waals surface area (Å²) >= 11 is 7.45. The molecule has 1 aromatic heterocycles. The Morgan fingerprint density at radius 1 is 1.37 bits per heavy atom. The lowest BCUT2D eigenvalue weighted by molar-refractivity contribution is 0.0702. The highest BCUT2D eigenvalue weighted by molar-refractivity contribution is 7.17. The van der Waals surface area contributed by atoms with Gasteiger partial charge in [-0.1, -0.05) is 31.5 Å². The number of hydrogen-bond acceptors (Lipinski definition) is 2. The first-order valence-electron chi connectivity index (χ1n) is 6.05. The maximum Gasteiger partial charge on any atom is 0.345 e. The van der Waals surface area contributed by atoms with Crippen molar-refractivity contribution in [3.05, 3.63) is 45.3 Å². The lowest BCUT2D eigenvalue weighted by Gasteiger charge is -2.32. The van der Waals surface area contributed by atoms with Crippen LogP contribution in [0, 0.1) is 0 Å². The second-order valence-corrected chi connectivity index (χ2v) is 7.01. The molecule has 3 rings (SSSR count). The third-order valence-electron chi connectivity index (χ3n) is 3.61. The SMILES string of the molecule is CC1(C)Cc2cc(C(=O)O)sc2-c2ccc(Cl)cc21. The Morgan fingerprint density at radius 3 is 2.79 bits per heavy atom. The average Bonchev–Trinajstić information content (AvgIpc) is 2.72. The third kappa shape index (κ3) is 1.97. The van der Waals surface area contributed by atoms with Crippen molar-refractivity contribution in [2.24, 2.45) is 0 Å². The van der Waals surface area contributed by atoms with Gasteiger partial charge in [0.05, 0.1) is 0 Å². The van der Waals surface area contributed by atoms with Crippen LogP contribution in [0.15, 0.2) is 24.3 Å². The molecule has 0 saturated carbocycles. The van der Waals surface area contributed by atoms with Crippen LogP contribution in [-0.4, -0.2) is 11.1 Å². The summed E-state index contributed by atoms with van der Waals surface area (Å²) in [7, 11) is 0. The van der Waals surface area contributed by atoms with Crippen molar-refractivity contribution < 1.29 is 9.90 Å². The molecule has 0 radical (unpaired) electrons. The molecule has 98 valence electrons. The van der Waals surface area contributed by atoms with E-state index in [-0.39, 0.29) is 5.41 Å². The van der Waals surface area contributed by atoms with Gasteiger partial charge in [-0.05, 0) is 46.7 Å². The molecule has 0 unspecified atom stereocenters. The number of halogens is 1. The minimum Gasteiger partial charge on any atom is -0.477 e. The lowest BCUT2D eigenvalue weighted by Crippen LogP contribution is -2.24. The Hall–Kier alpha value is -1.32. The van der Waals surface area contributed by atoms with Gasteiger partial charge in [-0.25, -0.2) is 4.79 Å². The largest absolute Gasteiger partial charge is 0.477 e. The van der Waals surface area contributed by atoms with E-state index in [9.17, 15) is 4.79 Å². The van der Waals surface area contributed by atoms with Gasteiger partial charge in [0, 0.05) is 9.90 Å². The third-order valence-corrected chi connectivity index (χ3v) is 5.04. The van der Waals surface area contributed by atoms with E-state index in [0.717, 1.165) is 27.4 Å². The van der Waals surface area contributed by atoms with Crippen molar-refractivity contribution in [2.75, 3.05) is 0 Å². The predicted molar refractivity (Wildman–Crippen MR) is 78.5 cm³/mol. The zero-order chi connectivity index (χ0) is 13.8. The van der Waals surface area contributed by atoms with Crippen LogP contribution in [-0.2, 0) is 11.8 Å². The van der Waals surface area contributed by atoms with Crippen molar-refractivity contribution >= 4 is 28.9 Å². The van der Waals surface area contributed by atoms with E-state index < -0.39 is 5.97 Å². The molecular weight excluding hydrogens is 280 g/mol. The number of rotatable bonds is 1. The van der Waals surface area contributed by atoms with Crippen molar-refractivity contribution in [3.63, 3.8) is 0 Å². The molecular formula is C15H13ClO2S. The van der Waals surface area contributed by atoms with Crippen LogP contribution >= 0.6 is 22.9 Å². The number of hydrogen-bond donors (Lipinski definition) is 1. The summed E-state index contributed by atoms with van der Waals surface area (Å²) in [5, 5.41) is 9.87. The Labute approximate surface area is 120 Å². The molecule has 0 saturated heterocycles. The molecule has 0 spiro atoms. The van der Waals surface area contributed by atoms with Crippen LogP contribution in [0.1, 0.15) is 34.6 Å². The summed E-state index contributed by atoms with van der Waals surface area (Å²) in [6.07, 6.45) is 0.847. The molecule has 1 aliphatic rings. The van der Waals surface area contributed by atoms with Crippen LogP contribution in [0.25, 0.3) is 10.4 Å². The quantitative estimate of drug-likeness (QED) is 0.834. The fourth-order valence-electron chi connectivity index (χ4n) is 2.74. The van der Waals surface area contributed by atoms with E-state index >= 15 is 0 Å². The molecule has 0 aliphatic heterocycles. The number of fused-ring (bicyclic) bond motifs is 3. The molecule has 1 N–H and O–H groups in total. The summed E-state index contributed by atoms with van der Waals surface area (Å²) in [5.41, 5.74) is 3.42. The topological polar surface area (TPSA) is 37.3 Å². The molecule has 4 heteroatoms. The van der Waals surface area contributed by atoms with Gasteiger partial charge in [0.25, 0.3) is 0 Å². The zero-order valence-corrected chi connectivity index (χ0v) is 12.2. The average molecular weight is 293 g/mol. The minimum absolute atomic E-state index is 0.0237. The maximum atomic E-state index is 11.1. The monoisotopic (exact) mass is 292 g/mol. The van der Waals surface area contributed by atoms with Gasteiger partial charge in [-0.2, -0.15) is 0 Å². The van der Waals surface area contributed by atoms with Gasteiger partial charge in [0.1, 0.15) is 4.88 Å². The normalized spacial score (nSPS) is 15.7. The molecule has 1 aromatic carbocycles. The standard InChI is InChI=1S/C15H13ClO2S/c1-15(2)7-8-5-12(14(17)18)19-13(8)10-4-3-9(16)6-11(10)15/h3-6H,7H2,1-2H3,(H,17,18). The molecule has 0 atom stereocenters. The van der Waals surface area contributed by atoms with Crippen LogP contribution in [0.5, 0.6) is 0 Å². The van der Waals surface area contributed by atoms with E-state index in [2.05, 4.69) is 13.8 Å².